The predicted octanol–water partition coefficient (Wildman–Crippen LogP) is -0.259. The molecule has 0 aliphatic carbocycles. The van der Waals surface area contributed by atoms with E-state index in [-0.39, 0.29) is 17.9 Å². The molecule has 2 aliphatic rings. The first-order valence-electron chi connectivity index (χ1n) is 6.19. The minimum Gasteiger partial charge on any atom is -0.481 e. The lowest BCUT2D eigenvalue weighted by Gasteiger charge is -2.47. The smallest absolute Gasteiger partial charge is 0.305 e. The fraction of sp³-hybridized carbons (Fsp3) is 0.909. The number of carboxylic acid groups (broad SMARTS) is 1. The Kier molecular flexibility index (Phi) is 3.93. The number of ether oxygens (including phenoxy) is 1. The van der Waals surface area contributed by atoms with Gasteiger partial charge in [0.15, 0.2) is 0 Å². The van der Waals surface area contributed by atoms with Crippen LogP contribution in [0.1, 0.15) is 19.3 Å². The van der Waals surface area contributed by atoms with Crippen molar-refractivity contribution in [3.63, 3.8) is 0 Å². The molecule has 0 aromatic carbocycles. The number of rotatable bonds is 3. The maximum absolute atomic E-state index is 11.5. The van der Waals surface area contributed by atoms with E-state index in [9.17, 15) is 13.2 Å². The first kappa shape index (κ1) is 13.8. The molecule has 0 bridgehead atoms. The highest BCUT2D eigenvalue weighted by Crippen LogP contribution is 2.34. The van der Waals surface area contributed by atoms with Crippen LogP contribution in [0.5, 0.6) is 0 Å². The van der Waals surface area contributed by atoms with Crippen molar-refractivity contribution < 1.29 is 23.1 Å². The summed E-state index contributed by atoms with van der Waals surface area (Å²) in [6, 6.07) is 0. The first-order chi connectivity index (χ1) is 8.44. The fourth-order valence-corrected chi connectivity index (χ4v) is 4.43. The summed E-state index contributed by atoms with van der Waals surface area (Å²) in [5.41, 5.74) is -0.499. The Morgan fingerprint density at radius 3 is 2.28 bits per heavy atom. The van der Waals surface area contributed by atoms with Crippen molar-refractivity contribution in [3.8, 4) is 0 Å². The third-order valence-corrected chi connectivity index (χ3v) is 5.57. The van der Waals surface area contributed by atoms with Gasteiger partial charge >= 0.3 is 5.97 Å². The zero-order valence-corrected chi connectivity index (χ0v) is 11.1. The maximum atomic E-state index is 11.5. The van der Waals surface area contributed by atoms with Crippen LogP contribution in [0.15, 0.2) is 0 Å². The number of carbonyl (C=O) groups is 1. The van der Waals surface area contributed by atoms with Gasteiger partial charge in [-0.2, -0.15) is 0 Å². The van der Waals surface area contributed by atoms with E-state index in [1.165, 1.54) is 0 Å². The molecule has 2 heterocycles. The highest BCUT2D eigenvalue weighted by molar-refractivity contribution is 7.91. The lowest BCUT2D eigenvalue weighted by atomic mass is 9.86. The summed E-state index contributed by atoms with van der Waals surface area (Å²) in [6.07, 6.45) is 0.853. The molecule has 6 nitrogen and oxygen atoms in total. The van der Waals surface area contributed by atoms with E-state index in [1.54, 1.807) is 0 Å². The van der Waals surface area contributed by atoms with Gasteiger partial charge in [-0.05, 0) is 12.8 Å². The van der Waals surface area contributed by atoms with Gasteiger partial charge in [-0.25, -0.2) is 8.42 Å². The standard InChI is InChI=1S/C11H19NO5S/c13-10(14)9-11(12-3-5-17-6-4-12)1-7-18(15,16)8-2-11/h1-9H2,(H,13,14). The second-order valence-electron chi connectivity index (χ2n) is 5.05. The summed E-state index contributed by atoms with van der Waals surface area (Å²) in [6.45, 7) is 2.56. The number of nitrogens with zero attached hydrogens (tertiary/aromatic N) is 1. The van der Waals surface area contributed by atoms with E-state index in [2.05, 4.69) is 4.90 Å². The van der Waals surface area contributed by atoms with Crippen molar-refractivity contribution in [1.82, 2.24) is 4.90 Å². The Labute approximate surface area is 107 Å². The van der Waals surface area contributed by atoms with Gasteiger partial charge in [0.2, 0.25) is 0 Å². The lowest BCUT2D eigenvalue weighted by Crippen LogP contribution is -2.57. The van der Waals surface area contributed by atoms with Gasteiger partial charge in [-0.1, -0.05) is 0 Å². The number of carboxylic acids is 1. The number of sulfone groups is 1. The molecule has 104 valence electrons. The summed E-state index contributed by atoms with van der Waals surface area (Å²) in [5, 5.41) is 9.08. The van der Waals surface area contributed by atoms with E-state index in [1.807, 2.05) is 0 Å². The Morgan fingerprint density at radius 1 is 1.22 bits per heavy atom. The maximum Gasteiger partial charge on any atom is 0.305 e. The molecule has 2 rings (SSSR count). The molecule has 0 unspecified atom stereocenters. The Bertz CT molecular complexity index is 399. The Balaban J connectivity index is 2.15. The summed E-state index contributed by atoms with van der Waals surface area (Å²) in [4.78, 5) is 13.2. The zero-order valence-electron chi connectivity index (χ0n) is 10.3. The predicted molar refractivity (Wildman–Crippen MR) is 65.3 cm³/mol. The van der Waals surface area contributed by atoms with Crippen LogP contribution in [-0.4, -0.2) is 67.7 Å². The van der Waals surface area contributed by atoms with E-state index in [4.69, 9.17) is 9.84 Å². The molecule has 0 spiro atoms. The summed E-state index contributed by atoms with van der Waals surface area (Å²) >= 11 is 0. The van der Waals surface area contributed by atoms with Crippen LogP contribution in [-0.2, 0) is 19.4 Å². The van der Waals surface area contributed by atoms with Gasteiger partial charge in [-0.3, -0.25) is 9.69 Å². The normalized spacial score (nSPS) is 27.8. The molecule has 2 fully saturated rings. The van der Waals surface area contributed by atoms with Crippen LogP contribution in [0.4, 0.5) is 0 Å². The van der Waals surface area contributed by atoms with Crippen molar-refractivity contribution in [2.24, 2.45) is 0 Å². The third-order valence-electron chi connectivity index (χ3n) is 3.92. The number of hydrogen-bond donors (Lipinski definition) is 1. The molecular weight excluding hydrogens is 258 g/mol. The Hall–Kier alpha value is -0.660. The number of hydrogen-bond acceptors (Lipinski definition) is 5. The molecule has 0 amide bonds. The van der Waals surface area contributed by atoms with Crippen molar-refractivity contribution >= 4 is 15.8 Å². The average molecular weight is 277 g/mol. The highest BCUT2D eigenvalue weighted by atomic mass is 32.2. The van der Waals surface area contributed by atoms with Gasteiger partial charge in [0, 0.05) is 18.6 Å². The van der Waals surface area contributed by atoms with Crippen LogP contribution >= 0.6 is 0 Å². The summed E-state index contributed by atoms with van der Waals surface area (Å²) < 4.78 is 28.3. The van der Waals surface area contributed by atoms with E-state index < -0.39 is 21.3 Å². The molecule has 0 saturated carbocycles. The van der Waals surface area contributed by atoms with Crippen LogP contribution in [0.3, 0.4) is 0 Å². The average Bonchev–Trinajstić information content (AvgIpc) is 2.33. The second kappa shape index (κ2) is 5.14. The van der Waals surface area contributed by atoms with Gasteiger partial charge in [0.05, 0.1) is 31.1 Å². The largest absolute Gasteiger partial charge is 0.481 e. The van der Waals surface area contributed by atoms with Crippen molar-refractivity contribution in [2.45, 2.75) is 24.8 Å². The minimum absolute atomic E-state index is 0.0164. The van der Waals surface area contributed by atoms with E-state index in [0.29, 0.717) is 39.1 Å². The Morgan fingerprint density at radius 2 is 1.78 bits per heavy atom. The minimum atomic E-state index is -2.98. The van der Waals surface area contributed by atoms with Gasteiger partial charge in [0.1, 0.15) is 9.84 Å². The zero-order chi connectivity index (χ0) is 13.2. The topological polar surface area (TPSA) is 83.9 Å². The third kappa shape index (κ3) is 3.02. The van der Waals surface area contributed by atoms with Crippen LogP contribution < -0.4 is 0 Å². The second-order valence-corrected chi connectivity index (χ2v) is 7.35. The lowest BCUT2D eigenvalue weighted by molar-refractivity contribution is -0.142. The molecule has 0 aromatic rings. The molecule has 1 N–H and O–H groups in total. The molecule has 0 radical (unpaired) electrons. The van der Waals surface area contributed by atoms with Crippen molar-refractivity contribution in [2.75, 3.05) is 37.8 Å². The monoisotopic (exact) mass is 277 g/mol. The molecular formula is C11H19NO5S. The summed E-state index contributed by atoms with van der Waals surface area (Å²) in [5.74, 6) is -0.671. The molecule has 2 aliphatic heterocycles. The quantitative estimate of drug-likeness (QED) is 0.765. The molecule has 7 heteroatoms. The number of morpholine rings is 1. The van der Waals surface area contributed by atoms with E-state index in [0.717, 1.165) is 0 Å². The summed E-state index contributed by atoms with van der Waals surface area (Å²) in [7, 11) is -2.98. The molecule has 0 aromatic heterocycles. The van der Waals surface area contributed by atoms with Gasteiger partial charge in [0.25, 0.3) is 0 Å². The molecule has 2 saturated heterocycles. The first-order valence-corrected chi connectivity index (χ1v) is 8.01. The van der Waals surface area contributed by atoms with Crippen molar-refractivity contribution in [3.05, 3.63) is 0 Å². The van der Waals surface area contributed by atoms with E-state index >= 15 is 0 Å². The van der Waals surface area contributed by atoms with Crippen molar-refractivity contribution in [1.29, 1.82) is 0 Å². The SMILES string of the molecule is O=C(O)CC1(N2CCOCC2)CCS(=O)(=O)CC1. The highest BCUT2D eigenvalue weighted by Gasteiger charge is 2.43. The van der Waals surface area contributed by atoms with Crippen LogP contribution in [0, 0.1) is 0 Å². The van der Waals surface area contributed by atoms with Gasteiger partial charge < -0.3 is 9.84 Å². The molecule has 18 heavy (non-hydrogen) atoms. The van der Waals surface area contributed by atoms with Crippen LogP contribution in [0.2, 0.25) is 0 Å². The van der Waals surface area contributed by atoms with Gasteiger partial charge in [-0.15, -0.1) is 0 Å². The van der Waals surface area contributed by atoms with Crippen LogP contribution in [0.25, 0.3) is 0 Å². The fourth-order valence-electron chi connectivity index (χ4n) is 2.84. The molecule has 0 atom stereocenters. The number of aliphatic carboxylic acids is 1.